The number of hydrogen-bond acceptors (Lipinski definition) is 5. The Bertz CT molecular complexity index is 636. The van der Waals surface area contributed by atoms with E-state index < -0.39 is 18.8 Å². The second-order valence-electron chi connectivity index (χ2n) is 4.44. The summed E-state index contributed by atoms with van der Waals surface area (Å²) in [6, 6.07) is 1.23. The Morgan fingerprint density at radius 1 is 1.36 bits per heavy atom. The molecule has 1 atom stereocenters. The maximum atomic E-state index is 11.7. The molecule has 1 unspecified atom stereocenters. The van der Waals surface area contributed by atoms with Crippen LogP contribution in [0.2, 0.25) is 0 Å². The van der Waals surface area contributed by atoms with Crippen molar-refractivity contribution in [2.75, 3.05) is 26.0 Å². The zero-order valence-electron chi connectivity index (χ0n) is 12.4. The summed E-state index contributed by atoms with van der Waals surface area (Å²) in [6.07, 6.45) is 4.80. The fourth-order valence-electron chi connectivity index (χ4n) is 1.55. The monoisotopic (exact) mass is 332 g/mol. The van der Waals surface area contributed by atoms with Crippen molar-refractivity contribution in [2.24, 2.45) is 0 Å². The summed E-state index contributed by atoms with van der Waals surface area (Å²) >= 11 is 0. The highest BCUT2D eigenvalue weighted by Gasteiger charge is 2.16. The summed E-state index contributed by atoms with van der Waals surface area (Å²) in [6.45, 7) is 3.31. The van der Waals surface area contributed by atoms with Crippen LogP contribution in [0.15, 0.2) is 34.0 Å². The molecule has 1 heterocycles. The number of nitrogens with one attached hydrogen (secondary N) is 1. The van der Waals surface area contributed by atoms with Gasteiger partial charge in [-0.3, -0.25) is 18.9 Å². The summed E-state index contributed by atoms with van der Waals surface area (Å²) in [5.41, 5.74) is -0.998. The van der Waals surface area contributed by atoms with E-state index in [1.807, 2.05) is 6.92 Å². The zero-order chi connectivity index (χ0) is 16.4. The number of nitrogens with zero attached hydrogens (tertiary/aromatic N) is 1. The van der Waals surface area contributed by atoms with Crippen LogP contribution in [-0.2, 0) is 20.4 Å². The Kier molecular flexibility index (Phi) is 8.05. The lowest BCUT2D eigenvalue weighted by Crippen LogP contribution is -2.28. The van der Waals surface area contributed by atoms with Crippen LogP contribution in [0, 0.1) is 0 Å². The van der Waals surface area contributed by atoms with Gasteiger partial charge in [-0.25, -0.2) is 4.79 Å². The average Bonchev–Trinajstić information content (AvgIpc) is 2.45. The van der Waals surface area contributed by atoms with Gasteiger partial charge in [-0.2, -0.15) is 0 Å². The van der Waals surface area contributed by atoms with Crippen molar-refractivity contribution in [3.63, 3.8) is 0 Å². The molecule has 8 nitrogen and oxygen atoms in total. The molecule has 0 fully saturated rings. The molecular weight excluding hydrogens is 311 g/mol. The first-order chi connectivity index (χ1) is 10.4. The average molecular weight is 332 g/mol. The van der Waals surface area contributed by atoms with Gasteiger partial charge in [0.25, 0.3) is 5.56 Å². The van der Waals surface area contributed by atoms with Gasteiger partial charge in [0.05, 0.1) is 12.8 Å². The van der Waals surface area contributed by atoms with Crippen LogP contribution in [0.4, 0.5) is 0 Å². The fraction of sp³-hybridized carbons (Fsp3) is 0.538. The van der Waals surface area contributed by atoms with E-state index in [1.54, 1.807) is 6.08 Å². The molecule has 0 bridgehead atoms. The van der Waals surface area contributed by atoms with E-state index in [1.165, 1.54) is 22.9 Å². The van der Waals surface area contributed by atoms with Crippen LogP contribution in [0.25, 0.3) is 0 Å². The maximum absolute atomic E-state index is 11.7. The van der Waals surface area contributed by atoms with Crippen molar-refractivity contribution in [2.45, 2.75) is 19.9 Å². The van der Waals surface area contributed by atoms with Crippen LogP contribution in [0.5, 0.6) is 0 Å². The van der Waals surface area contributed by atoms with Gasteiger partial charge in [-0.15, -0.1) is 0 Å². The van der Waals surface area contributed by atoms with Gasteiger partial charge in [0.2, 0.25) is 0 Å². The van der Waals surface area contributed by atoms with E-state index >= 15 is 0 Å². The van der Waals surface area contributed by atoms with Gasteiger partial charge < -0.3 is 14.2 Å². The van der Waals surface area contributed by atoms with Crippen LogP contribution < -0.4 is 11.2 Å². The molecule has 2 N–H and O–H groups in total. The standard InChI is InChI=1S/C13H21N2O6P/c1-2-20-9-5-10-21-22(18,19)11-4-3-7-15-8-6-12(16)14-13(15)17/h3-4,6,8H,2,5,7,9-11H2,1H3,(H,18,19)(H,14,16,17)/b4-3+. The lowest BCUT2D eigenvalue weighted by atomic mass is 10.5. The molecule has 1 aromatic heterocycles. The highest BCUT2D eigenvalue weighted by Crippen LogP contribution is 2.41. The fourth-order valence-corrected chi connectivity index (χ4v) is 2.48. The Morgan fingerprint density at radius 2 is 2.14 bits per heavy atom. The second-order valence-corrected chi connectivity index (χ2v) is 6.34. The highest BCUT2D eigenvalue weighted by molar-refractivity contribution is 7.53. The van der Waals surface area contributed by atoms with Crippen molar-refractivity contribution in [3.05, 3.63) is 45.3 Å². The van der Waals surface area contributed by atoms with E-state index in [4.69, 9.17) is 9.26 Å². The lowest BCUT2D eigenvalue weighted by Gasteiger charge is -2.10. The largest absolute Gasteiger partial charge is 0.382 e. The molecular formula is C13H21N2O6P. The normalized spacial score (nSPS) is 14.3. The maximum Gasteiger partial charge on any atom is 0.331 e. The topological polar surface area (TPSA) is 111 Å². The summed E-state index contributed by atoms with van der Waals surface area (Å²) in [5, 5.41) is 0. The molecule has 0 amide bonds. The summed E-state index contributed by atoms with van der Waals surface area (Å²) in [5.74, 6) is 0. The molecule has 0 aromatic carbocycles. The number of aromatic nitrogens is 2. The molecule has 0 saturated heterocycles. The molecule has 124 valence electrons. The third-order valence-corrected chi connectivity index (χ3v) is 3.89. The van der Waals surface area contributed by atoms with Crippen LogP contribution in [-0.4, -0.2) is 40.4 Å². The number of rotatable bonds is 10. The molecule has 0 aliphatic heterocycles. The van der Waals surface area contributed by atoms with E-state index in [9.17, 15) is 19.0 Å². The minimum Gasteiger partial charge on any atom is -0.382 e. The third kappa shape index (κ3) is 7.51. The number of ether oxygens (including phenoxy) is 1. The molecule has 1 aromatic rings. The molecule has 0 aliphatic carbocycles. The first-order valence-electron chi connectivity index (χ1n) is 6.93. The molecule has 9 heteroatoms. The smallest absolute Gasteiger partial charge is 0.331 e. The predicted octanol–water partition coefficient (Wildman–Crippen LogP) is 0.721. The first kappa shape index (κ1) is 18.6. The quantitative estimate of drug-likeness (QED) is 0.371. The van der Waals surface area contributed by atoms with Crippen molar-refractivity contribution < 1.29 is 18.7 Å². The minimum atomic E-state index is -3.67. The van der Waals surface area contributed by atoms with Gasteiger partial charge in [0.15, 0.2) is 0 Å². The number of hydrogen-bond donors (Lipinski definition) is 2. The number of H-pyrrole nitrogens is 1. The molecule has 0 radical (unpaired) electrons. The van der Waals surface area contributed by atoms with E-state index in [0.717, 1.165) is 0 Å². The molecule has 0 aliphatic rings. The molecule has 22 heavy (non-hydrogen) atoms. The summed E-state index contributed by atoms with van der Waals surface area (Å²) in [7, 11) is -3.67. The van der Waals surface area contributed by atoms with Crippen molar-refractivity contribution in [1.82, 2.24) is 9.55 Å². The lowest BCUT2D eigenvalue weighted by molar-refractivity contribution is 0.128. The number of aromatic amines is 1. The van der Waals surface area contributed by atoms with Gasteiger partial charge in [0.1, 0.15) is 0 Å². The Balaban J connectivity index is 2.35. The Labute approximate surface area is 127 Å². The zero-order valence-corrected chi connectivity index (χ0v) is 13.3. The minimum absolute atomic E-state index is 0.139. The first-order valence-corrected chi connectivity index (χ1v) is 8.70. The predicted molar refractivity (Wildman–Crippen MR) is 82.2 cm³/mol. The SMILES string of the molecule is CCOCCCOP(=O)(O)C/C=C/Cn1ccc(=O)[nH]c1=O. The van der Waals surface area contributed by atoms with Gasteiger partial charge in [-0.05, 0) is 13.3 Å². The van der Waals surface area contributed by atoms with Gasteiger partial charge in [0, 0.05) is 32.0 Å². The van der Waals surface area contributed by atoms with Crippen LogP contribution in [0.1, 0.15) is 13.3 Å². The third-order valence-electron chi connectivity index (χ3n) is 2.63. The second kappa shape index (κ2) is 9.53. The van der Waals surface area contributed by atoms with Gasteiger partial charge in [-0.1, -0.05) is 12.2 Å². The summed E-state index contributed by atoms with van der Waals surface area (Å²) < 4.78 is 23.0. The molecule has 0 spiro atoms. The van der Waals surface area contributed by atoms with Crippen LogP contribution in [0.3, 0.4) is 0 Å². The number of allylic oxidation sites excluding steroid dienone is 2. The van der Waals surface area contributed by atoms with E-state index in [0.29, 0.717) is 19.6 Å². The Hall–Kier alpha value is -1.47. The molecule has 1 rings (SSSR count). The van der Waals surface area contributed by atoms with Crippen molar-refractivity contribution in [3.8, 4) is 0 Å². The Morgan fingerprint density at radius 3 is 2.82 bits per heavy atom. The van der Waals surface area contributed by atoms with Gasteiger partial charge >= 0.3 is 13.3 Å². The summed E-state index contributed by atoms with van der Waals surface area (Å²) in [4.78, 5) is 34.0. The van der Waals surface area contributed by atoms with Crippen LogP contribution >= 0.6 is 7.60 Å². The molecule has 0 saturated carbocycles. The van der Waals surface area contributed by atoms with Crippen molar-refractivity contribution in [1.29, 1.82) is 0 Å². The van der Waals surface area contributed by atoms with Crippen molar-refractivity contribution >= 4 is 7.60 Å². The van der Waals surface area contributed by atoms with E-state index in [-0.39, 0.29) is 19.3 Å². The van der Waals surface area contributed by atoms with E-state index in [2.05, 4.69) is 4.98 Å². The highest BCUT2D eigenvalue weighted by atomic mass is 31.2.